The van der Waals surface area contributed by atoms with Crippen LogP contribution in [0.4, 0.5) is 23.0 Å². The summed E-state index contributed by atoms with van der Waals surface area (Å²) in [6.07, 6.45) is 2.20. The van der Waals surface area contributed by atoms with Gasteiger partial charge in [0.25, 0.3) is 0 Å². The van der Waals surface area contributed by atoms with Crippen LogP contribution in [0.2, 0.25) is 0 Å². The third-order valence-electron chi connectivity index (χ3n) is 3.45. The number of nitrogens with zero attached hydrogens (tertiary/aromatic N) is 3. The van der Waals surface area contributed by atoms with Crippen molar-refractivity contribution in [3.8, 4) is 5.75 Å². The van der Waals surface area contributed by atoms with Gasteiger partial charge in [-0.05, 0) is 43.5 Å². The van der Waals surface area contributed by atoms with Crippen LogP contribution < -0.4 is 15.4 Å². The summed E-state index contributed by atoms with van der Waals surface area (Å²) in [4.78, 5) is 19.1. The molecule has 0 atom stereocenters. The zero-order valence-electron chi connectivity index (χ0n) is 14.7. The Bertz CT molecular complexity index is 704. The number of benzene rings is 1. The van der Waals surface area contributed by atoms with Crippen molar-refractivity contribution in [1.29, 1.82) is 0 Å². The molecule has 0 amide bonds. The Morgan fingerprint density at radius 3 is 2.48 bits per heavy atom. The van der Waals surface area contributed by atoms with Crippen LogP contribution in [0.3, 0.4) is 0 Å². The summed E-state index contributed by atoms with van der Waals surface area (Å²) in [5.74, 6) is 1.60. The van der Waals surface area contributed by atoms with E-state index in [9.17, 15) is 10.1 Å². The van der Waals surface area contributed by atoms with E-state index in [-0.39, 0.29) is 17.3 Å². The van der Waals surface area contributed by atoms with E-state index in [1.54, 1.807) is 24.3 Å². The predicted octanol–water partition coefficient (Wildman–Crippen LogP) is 3.99. The van der Waals surface area contributed by atoms with E-state index in [1.165, 1.54) is 6.33 Å². The van der Waals surface area contributed by atoms with E-state index in [4.69, 9.17) is 4.74 Å². The van der Waals surface area contributed by atoms with Crippen molar-refractivity contribution < 1.29 is 9.66 Å². The van der Waals surface area contributed by atoms with Crippen LogP contribution >= 0.6 is 0 Å². The maximum atomic E-state index is 11.5. The number of anilines is 3. The van der Waals surface area contributed by atoms with Crippen molar-refractivity contribution >= 4 is 23.0 Å². The van der Waals surface area contributed by atoms with Gasteiger partial charge in [-0.3, -0.25) is 10.1 Å². The Labute approximate surface area is 146 Å². The van der Waals surface area contributed by atoms with E-state index >= 15 is 0 Å². The van der Waals surface area contributed by atoms with Gasteiger partial charge >= 0.3 is 5.69 Å². The van der Waals surface area contributed by atoms with E-state index in [2.05, 4.69) is 34.4 Å². The van der Waals surface area contributed by atoms with E-state index < -0.39 is 4.92 Å². The van der Waals surface area contributed by atoms with Crippen LogP contribution in [0, 0.1) is 16.0 Å². The third kappa shape index (κ3) is 5.30. The molecule has 1 aromatic heterocycles. The molecule has 2 aromatic rings. The summed E-state index contributed by atoms with van der Waals surface area (Å²) in [6, 6.07) is 7.15. The van der Waals surface area contributed by atoms with Crippen molar-refractivity contribution in [1.82, 2.24) is 9.97 Å². The monoisotopic (exact) mass is 345 g/mol. The molecule has 0 fully saturated rings. The Morgan fingerprint density at radius 2 is 1.88 bits per heavy atom. The average Bonchev–Trinajstić information content (AvgIpc) is 2.56. The van der Waals surface area contributed by atoms with Crippen molar-refractivity contribution in [2.75, 3.05) is 23.8 Å². The van der Waals surface area contributed by atoms with Gasteiger partial charge in [0, 0.05) is 12.2 Å². The normalized spacial score (nSPS) is 10.6. The smallest absolute Gasteiger partial charge is 0.353 e. The zero-order chi connectivity index (χ0) is 18.2. The van der Waals surface area contributed by atoms with E-state index in [1.807, 2.05) is 6.92 Å². The van der Waals surface area contributed by atoms with Crippen LogP contribution in [0.25, 0.3) is 0 Å². The van der Waals surface area contributed by atoms with Gasteiger partial charge in [-0.2, -0.15) is 0 Å². The average molecular weight is 345 g/mol. The number of hydrogen-bond donors (Lipinski definition) is 2. The summed E-state index contributed by atoms with van der Waals surface area (Å²) in [5.41, 5.74) is 0.513. The van der Waals surface area contributed by atoms with Gasteiger partial charge in [0.05, 0.1) is 11.5 Å². The van der Waals surface area contributed by atoms with Crippen molar-refractivity contribution in [2.45, 2.75) is 27.2 Å². The Hall–Kier alpha value is -2.90. The Morgan fingerprint density at radius 1 is 1.20 bits per heavy atom. The van der Waals surface area contributed by atoms with Crippen LogP contribution in [-0.2, 0) is 0 Å². The first-order valence-corrected chi connectivity index (χ1v) is 8.24. The summed E-state index contributed by atoms with van der Waals surface area (Å²) in [6.45, 7) is 7.28. The topological polar surface area (TPSA) is 102 Å². The molecule has 0 aliphatic carbocycles. The molecule has 0 bridgehead atoms. The lowest BCUT2D eigenvalue weighted by Gasteiger charge is -2.11. The largest absolute Gasteiger partial charge is 0.494 e. The van der Waals surface area contributed by atoms with Crippen LogP contribution in [0.1, 0.15) is 27.2 Å². The summed E-state index contributed by atoms with van der Waals surface area (Å²) in [7, 11) is 0. The quantitative estimate of drug-likeness (QED) is 0.523. The minimum atomic E-state index is -0.478. The predicted molar refractivity (Wildman–Crippen MR) is 97.5 cm³/mol. The van der Waals surface area contributed by atoms with E-state index in [0.29, 0.717) is 24.8 Å². The molecule has 8 heteroatoms. The van der Waals surface area contributed by atoms with E-state index in [0.717, 1.165) is 12.2 Å². The van der Waals surface area contributed by atoms with Gasteiger partial charge < -0.3 is 15.4 Å². The first kappa shape index (κ1) is 18.4. The van der Waals surface area contributed by atoms with Gasteiger partial charge in [-0.15, -0.1) is 0 Å². The highest BCUT2D eigenvalue weighted by Crippen LogP contribution is 2.31. The molecule has 2 rings (SSSR count). The first-order valence-electron chi connectivity index (χ1n) is 8.24. The third-order valence-corrected chi connectivity index (χ3v) is 3.45. The SMILES string of the molecule is CCOc1ccc(Nc2ncnc(NCCC(C)C)c2[N+](=O)[O-])cc1. The number of hydrogen-bond acceptors (Lipinski definition) is 7. The van der Waals surface area contributed by atoms with Crippen LogP contribution in [0.15, 0.2) is 30.6 Å². The molecular formula is C17H23N5O3. The maximum absolute atomic E-state index is 11.5. The number of nitro groups is 1. The minimum Gasteiger partial charge on any atom is -0.494 e. The minimum absolute atomic E-state index is 0.149. The van der Waals surface area contributed by atoms with Crippen molar-refractivity contribution in [3.05, 3.63) is 40.7 Å². The summed E-state index contributed by atoms with van der Waals surface area (Å²) >= 11 is 0. The molecule has 0 radical (unpaired) electrons. The summed E-state index contributed by atoms with van der Waals surface area (Å²) < 4.78 is 5.38. The molecular weight excluding hydrogens is 322 g/mol. The van der Waals surface area contributed by atoms with Gasteiger partial charge in [0.1, 0.15) is 12.1 Å². The highest BCUT2D eigenvalue weighted by Gasteiger charge is 2.23. The molecule has 0 saturated carbocycles. The molecule has 0 aliphatic heterocycles. The molecule has 1 aromatic carbocycles. The molecule has 134 valence electrons. The lowest BCUT2D eigenvalue weighted by Crippen LogP contribution is -2.10. The second-order valence-corrected chi connectivity index (χ2v) is 5.87. The highest BCUT2D eigenvalue weighted by molar-refractivity contribution is 5.73. The van der Waals surface area contributed by atoms with Crippen molar-refractivity contribution in [2.24, 2.45) is 5.92 Å². The van der Waals surface area contributed by atoms with Gasteiger partial charge in [0.15, 0.2) is 0 Å². The molecule has 2 N–H and O–H groups in total. The molecule has 25 heavy (non-hydrogen) atoms. The lowest BCUT2D eigenvalue weighted by molar-refractivity contribution is -0.383. The fourth-order valence-corrected chi connectivity index (χ4v) is 2.19. The second-order valence-electron chi connectivity index (χ2n) is 5.87. The fourth-order valence-electron chi connectivity index (χ4n) is 2.19. The molecule has 0 saturated heterocycles. The van der Waals surface area contributed by atoms with Gasteiger partial charge in [0.2, 0.25) is 11.6 Å². The molecule has 1 heterocycles. The Kier molecular flexibility index (Phi) is 6.50. The standard InChI is InChI=1S/C17H23N5O3/c1-4-25-14-7-5-13(6-8-14)21-17-15(22(23)24)16(19-11-20-17)18-10-9-12(2)3/h5-8,11-12H,4,9-10H2,1-3H3,(H2,18,19,20,21). The Balaban J connectivity index is 2.20. The molecule has 0 spiro atoms. The van der Waals surface area contributed by atoms with Crippen LogP contribution in [0.5, 0.6) is 5.75 Å². The van der Waals surface area contributed by atoms with Gasteiger partial charge in [-0.25, -0.2) is 9.97 Å². The van der Waals surface area contributed by atoms with Gasteiger partial charge in [-0.1, -0.05) is 13.8 Å². The molecule has 8 nitrogen and oxygen atoms in total. The van der Waals surface area contributed by atoms with Crippen molar-refractivity contribution in [3.63, 3.8) is 0 Å². The van der Waals surface area contributed by atoms with Crippen LogP contribution in [-0.4, -0.2) is 28.0 Å². The number of ether oxygens (including phenoxy) is 1. The highest BCUT2D eigenvalue weighted by atomic mass is 16.6. The lowest BCUT2D eigenvalue weighted by atomic mass is 10.1. The number of aromatic nitrogens is 2. The first-order chi connectivity index (χ1) is 12.0. The maximum Gasteiger partial charge on any atom is 0.353 e. The fraction of sp³-hybridized carbons (Fsp3) is 0.412. The second kappa shape index (κ2) is 8.81. The molecule has 0 aliphatic rings. The number of nitrogens with one attached hydrogen (secondary N) is 2. The molecule has 0 unspecified atom stereocenters. The number of rotatable bonds is 9. The zero-order valence-corrected chi connectivity index (χ0v) is 14.7. The summed E-state index contributed by atoms with van der Waals surface area (Å²) in [5, 5.41) is 17.5.